The van der Waals surface area contributed by atoms with E-state index in [-0.39, 0.29) is 11.8 Å². The Morgan fingerprint density at radius 1 is 1.36 bits per heavy atom. The molecule has 1 aromatic rings. The zero-order chi connectivity index (χ0) is 15.9. The van der Waals surface area contributed by atoms with Gasteiger partial charge in [-0.1, -0.05) is 19.1 Å². The first-order valence-corrected chi connectivity index (χ1v) is 9.05. The molecule has 0 aromatic heterocycles. The van der Waals surface area contributed by atoms with Crippen LogP contribution in [-0.4, -0.2) is 46.7 Å². The minimum Gasteiger partial charge on any atom is -0.508 e. The molecule has 1 aliphatic carbocycles. The molecule has 0 heterocycles. The van der Waals surface area contributed by atoms with Crippen LogP contribution in [0.4, 0.5) is 4.79 Å². The van der Waals surface area contributed by atoms with Gasteiger partial charge >= 0.3 is 6.03 Å². The lowest BCUT2D eigenvalue weighted by Crippen LogP contribution is -2.43. The van der Waals surface area contributed by atoms with Gasteiger partial charge in [-0.15, -0.1) is 0 Å². The molecule has 0 aliphatic heterocycles. The predicted octanol–water partition coefficient (Wildman–Crippen LogP) is 3.25. The van der Waals surface area contributed by atoms with Gasteiger partial charge in [0.25, 0.3) is 0 Å². The average molecular weight is 322 g/mol. The van der Waals surface area contributed by atoms with E-state index in [2.05, 4.69) is 12.2 Å². The van der Waals surface area contributed by atoms with Gasteiger partial charge in [-0.05, 0) is 49.1 Å². The zero-order valence-electron chi connectivity index (χ0n) is 13.4. The number of hydrogen-bond acceptors (Lipinski definition) is 3. The normalized spacial score (nSPS) is 20.8. The summed E-state index contributed by atoms with van der Waals surface area (Å²) < 4.78 is 0. The van der Waals surface area contributed by atoms with Gasteiger partial charge in [0.05, 0.1) is 0 Å². The van der Waals surface area contributed by atoms with Crippen LogP contribution in [0.25, 0.3) is 0 Å². The summed E-state index contributed by atoms with van der Waals surface area (Å²) in [6.07, 6.45) is 4.22. The fourth-order valence-electron chi connectivity index (χ4n) is 2.92. The van der Waals surface area contributed by atoms with E-state index in [9.17, 15) is 9.90 Å². The van der Waals surface area contributed by atoms with Crippen LogP contribution in [0, 0.1) is 0 Å². The topological polar surface area (TPSA) is 52.6 Å². The second kappa shape index (κ2) is 8.32. The number of phenolic OH excluding ortho intramolecular Hbond substituents is 1. The predicted molar refractivity (Wildman–Crippen MR) is 92.5 cm³/mol. The quantitative estimate of drug-likeness (QED) is 0.845. The summed E-state index contributed by atoms with van der Waals surface area (Å²) in [7, 11) is 1.90. The van der Waals surface area contributed by atoms with E-state index < -0.39 is 0 Å². The number of carbonyl (C=O) groups is 1. The molecule has 1 aliphatic rings. The number of phenols is 1. The van der Waals surface area contributed by atoms with E-state index >= 15 is 0 Å². The third kappa shape index (κ3) is 4.83. The van der Waals surface area contributed by atoms with E-state index in [1.54, 1.807) is 12.1 Å². The highest BCUT2D eigenvalue weighted by molar-refractivity contribution is 7.99. The number of carbonyl (C=O) groups excluding carboxylic acids is 1. The van der Waals surface area contributed by atoms with Crippen molar-refractivity contribution < 1.29 is 9.90 Å². The van der Waals surface area contributed by atoms with Gasteiger partial charge in [-0.2, -0.15) is 11.8 Å². The van der Waals surface area contributed by atoms with E-state index in [4.69, 9.17) is 0 Å². The minimum atomic E-state index is 0.0194. The average Bonchev–Trinajstić information content (AvgIpc) is 2.97. The maximum Gasteiger partial charge on any atom is 0.317 e. The van der Waals surface area contributed by atoms with Crippen LogP contribution in [-0.2, 0) is 6.42 Å². The standard InChI is InChI=1S/C17H26N2O2S/c1-3-22-16-9-6-14(12-16)19(2)17(21)18-11-10-13-4-7-15(20)8-5-13/h4-5,7-8,14,16,20H,3,6,9-12H2,1-2H3,(H,18,21)/t14-,16-/m0/s1. The van der Waals surface area contributed by atoms with E-state index in [0.29, 0.717) is 17.8 Å². The van der Waals surface area contributed by atoms with Crippen molar-refractivity contribution in [3.05, 3.63) is 29.8 Å². The second-order valence-corrected chi connectivity index (χ2v) is 7.38. The molecule has 0 bridgehead atoms. The smallest absolute Gasteiger partial charge is 0.317 e. The molecule has 1 saturated carbocycles. The maximum atomic E-state index is 12.2. The first-order valence-electron chi connectivity index (χ1n) is 8.00. The number of aromatic hydroxyl groups is 1. The monoisotopic (exact) mass is 322 g/mol. The Kier molecular flexibility index (Phi) is 6.43. The summed E-state index contributed by atoms with van der Waals surface area (Å²) in [6.45, 7) is 2.81. The van der Waals surface area contributed by atoms with E-state index in [0.717, 1.165) is 30.6 Å². The van der Waals surface area contributed by atoms with Crippen molar-refractivity contribution >= 4 is 17.8 Å². The van der Waals surface area contributed by atoms with Gasteiger partial charge in [0.15, 0.2) is 0 Å². The molecule has 2 atom stereocenters. The number of thioether (sulfide) groups is 1. The molecule has 5 heteroatoms. The zero-order valence-corrected chi connectivity index (χ0v) is 14.2. The Balaban J connectivity index is 1.71. The van der Waals surface area contributed by atoms with Gasteiger partial charge in [0, 0.05) is 24.9 Å². The summed E-state index contributed by atoms with van der Waals surface area (Å²) in [5.41, 5.74) is 1.11. The third-order valence-corrected chi connectivity index (χ3v) is 5.49. The fraction of sp³-hybridized carbons (Fsp3) is 0.588. The highest BCUT2D eigenvalue weighted by atomic mass is 32.2. The van der Waals surface area contributed by atoms with Crippen molar-refractivity contribution in [1.82, 2.24) is 10.2 Å². The van der Waals surface area contributed by atoms with Gasteiger partial charge in [-0.3, -0.25) is 0 Å². The molecule has 2 N–H and O–H groups in total. The summed E-state index contributed by atoms with van der Waals surface area (Å²) in [4.78, 5) is 14.1. The fourth-order valence-corrected chi connectivity index (χ4v) is 4.06. The first kappa shape index (κ1) is 17.0. The van der Waals surface area contributed by atoms with Crippen molar-refractivity contribution in [2.45, 2.75) is 43.9 Å². The SMILES string of the molecule is CCS[C@H]1CC[C@H](N(C)C(=O)NCCc2ccc(O)cc2)C1. The van der Waals surface area contributed by atoms with Gasteiger partial charge in [-0.25, -0.2) is 4.79 Å². The number of nitrogens with zero attached hydrogens (tertiary/aromatic N) is 1. The Morgan fingerprint density at radius 3 is 2.77 bits per heavy atom. The molecule has 2 amide bonds. The molecule has 1 fully saturated rings. The van der Waals surface area contributed by atoms with Crippen molar-refractivity contribution in [2.24, 2.45) is 0 Å². The minimum absolute atomic E-state index is 0.0194. The summed E-state index contributed by atoms with van der Waals surface area (Å²) in [6, 6.07) is 7.51. The van der Waals surface area contributed by atoms with Crippen LogP contribution in [0.1, 0.15) is 31.7 Å². The van der Waals surface area contributed by atoms with E-state index in [1.807, 2.05) is 35.8 Å². The molecule has 0 radical (unpaired) electrons. The first-order chi connectivity index (χ1) is 10.6. The Hall–Kier alpha value is -1.36. The maximum absolute atomic E-state index is 12.2. The number of nitrogens with one attached hydrogen (secondary N) is 1. The summed E-state index contributed by atoms with van der Waals surface area (Å²) in [5.74, 6) is 1.42. The molecule has 0 spiro atoms. The molecule has 1 aromatic carbocycles. The molecule has 0 saturated heterocycles. The van der Waals surface area contributed by atoms with Crippen molar-refractivity contribution in [2.75, 3.05) is 19.3 Å². The molecule has 2 rings (SSSR count). The summed E-state index contributed by atoms with van der Waals surface area (Å²) >= 11 is 2.01. The Morgan fingerprint density at radius 2 is 2.09 bits per heavy atom. The lowest BCUT2D eigenvalue weighted by Gasteiger charge is -2.25. The Labute approximate surface area is 137 Å². The van der Waals surface area contributed by atoms with Gasteiger partial charge < -0.3 is 15.3 Å². The van der Waals surface area contributed by atoms with E-state index in [1.165, 1.54) is 6.42 Å². The van der Waals surface area contributed by atoms with Crippen LogP contribution in [0.15, 0.2) is 24.3 Å². The van der Waals surface area contributed by atoms with Crippen LogP contribution in [0.2, 0.25) is 0 Å². The third-order valence-electron chi connectivity index (χ3n) is 4.25. The highest BCUT2D eigenvalue weighted by Gasteiger charge is 2.29. The van der Waals surface area contributed by atoms with Crippen LogP contribution >= 0.6 is 11.8 Å². The summed E-state index contributed by atoms with van der Waals surface area (Å²) in [5, 5.41) is 12.9. The molecular formula is C17H26N2O2S. The number of benzene rings is 1. The van der Waals surface area contributed by atoms with Crippen molar-refractivity contribution in [3.8, 4) is 5.75 Å². The van der Waals surface area contributed by atoms with Crippen molar-refractivity contribution in [1.29, 1.82) is 0 Å². The number of amides is 2. The lowest BCUT2D eigenvalue weighted by molar-refractivity contribution is 0.191. The number of urea groups is 1. The van der Waals surface area contributed by atoms with Crippen LogP contribution in [0.3, 0.4) is 0 Å². The van der Waals surface area contributed by atoms with Crippen LogP contribution < -0.4 is 5.32 Å². The number of rotatable bonds is 6. The molecule has 22 heavy (non-hydrogen) atoms. The second-order valence-electron chi connectivity index (χ2n) is 5.80. The van der Waals surface area contributed by atoms with Crippen LogP contribution in [0.5, 0.6) is 5.75 Å². The van der Waals surface area contributed by atoms with Crippen molar-refractivity contribution in [3.63, 3.8) is 0 Å². The number of hydrogen-bond donors (Lipinski definition) is 2. The largest absolute Gasteiger partial charge is 0.508 e. The molecule has 122 valence electrons. The molecular weight excluding hydrogens is 296 g/mol. The molecule has 4 nitrogen and oxygen atoms in total. The molecule has 0 unspecified atom stereocenters. The highest BCUT2D eigenvalue weighted by Crippen LogP contribution is 2.32. The Bertz CT molecular complexity index is 478. The van der Waals surface area contributed by atoms with Gasteiger partial charge in [0.1, 0.15) is 5.75 Å². The lowest BCUT2D eigenvalue weighted by atomic mass is 10.1. The van der Waals surface area contributed by atoms with Gasteiger partial charge in [0.2, 0.25) is 0 Å².